The van der Waals surface area contributed by atoms with Crippen LogP contribution in [0.5, 0.6) is 5.75 Å². The fourth-order valence-corrected chi connectivity index (χ4v) is 6.49. The van der Waals surface area contributed by atoms with E-state index in [2.05, 4.69) is 4.98 Å². The number of aromatic nitrogens is 2. The van der Waals surface area contributed by atoms with Crippen LogP contribution in [0.4, 0.5) is 8.78 Å². The first-order valence-corrected chi connectivity index (χ1v) is 11.8. The molecule has 3 atom stereocenters. The predicted octanol–water partition coefficient (Wildman–Crippen LogP) is 3.06. The summed E-state index contributed by atoms with van der Waals surface area (Å²) in [6.07, 6.45) is 1.26. The molecule has 0 aliphatic carbocycles. The summed E-state index contributed by atoms with van der Waals surface area (Å²) in [6, 6.07) is 9.26. The van der Waals surface area contributed by atoms with Crippen molar-refractivity contribution in [3.8, 4) is 5.75 Å². The zero-order valence-electron chi connectivity index (χ0n) is 17.8. The average molecular weight is 483 g/mol. The highest BCUT2D eigenvalue weighted by Gasteiger charge is 2.48. The lowest BCUT2D eigenvalue weighted by Gasteiger charge is -2.48. The van der Waals surface area contributed by atoms with Gasteiger partial charge in [-0.1, -0.05) is 24.3 Å². The smallest absolute Gasteiger partial charge is 0.315 e. The van der Waals surface area contributed by atoms with Gasteiger partial charge in [0.2, 0.25) is 5.75 Å². The van der Waals surface area contributed by atoms with Gasteiger partial charge in [-0.2, -0.15) is 4.98 Å². The molecule has 34 heavy (non-hydrogen) atoms. The van der Waals surface area contributed by atoms with Gasteiger partial charge in [0.25, 0.3) is 5.91 Å². The van der Waals surface area contributed by atoms with Gasteiger partial charge in [0, 0.05) is 28.7 Å². The van der Waals surface area contributed by atoms with Crippen LogP contribution in [-0.2, 0) is 10.5 Å². The second-order valence-electron chi connectivity index (χ2n) is 8.52. The largest absolute Gasteiger partial charge is 0.501 e. The summed E-state index contributed by atoms with van der Waals surface area (Å²) in [4.78, 5) is 31.8. The zero-order valence-corrected chi connectivity index (χ0v) is 18.6. The highest BCUT2D eigenvalue weighted by atomic mass is 32.2. The van der Waals surface area contributed by atoms with Gasteiger partial charge in [-0.3, -0.25) is 9.59 Å². The Kier molecular flexibility index (Phi) is 4.96. The van der Waals surface area contributed by atoms with Gasteiger partial charge >= 0.3 is 5.56 Å². The minimum Gasteiger partial charge on any atom is -0.501 e. The Morgan fingerprint density at radius 1 is 1.12 bits per heavy atom. The molecule has 1 N–H and O–H groups in total. The van der Waals surface area contributed by atoms with Crippen molar-refractivity contribution in [2.75, 3.05) is 19.8 Å². The lowest BCUT2D eigenvalue weighted by molar-refractivity contribution is -0.0298. The molecule has 6 rings (SSSR count). The first kappa shape index (κ1) is 21.3. The Morgan fingerprint density at radius 3 is 2.79 bits per heavy atom. The van der Waals surface area contributed by atoms with Crippen molar-refractivity contribution in [1.29, 1.82) is 0 Å². The summed E-state index contributed by atoms with van der Waals surface area (Å²) in [5, 5.41) is 10.6. The van der Waals surface area contributed by atoms with Crippen LogP contribution < -0.4 is 5.56 Å². The number of thioether (sulfide) groups is 1. The van der Waals surface area contributed by atoms with Crippen LogP contribution in [-0.4, -0.2) is 51.3 Å². The Morgan fingerprint density at radius 2 is 1.94 bits per heavy atom. The van der Waals surface area contributed by atoms with Crippen molar-refractivity contribution in [1.82, 2.24) is 14.5 Å². The van der Waals surface area contributed by atoms with Crippen molar-refractivity contribution >= 4 is 17.7 Å². The highest BCUT2D eigenvalue weighted by molar-refractivity contribution is 7.98. The molecule has 174 valence electrons. The quantitative estimate of drug-likeness (QED) is 0.573. The molecule has 3 aliphatic heterocycles. The molecule has 0 radical (unpaired) electrons. The minimum atomic E-state index is -0.922. The summed E-state index contributed by atoms with van der Waals surface area (Å²) in [5.41, 5.74) is 0.680. The van der Waals surface area contributed by atoms with Crippen LogP contribution in [0.3, 0.4) is 0 Å². The number of fused-ring (bicyclic) bond motifs is 4. The number of amides is 1. The lowest BCUT2D eigenvalue weighted by Crippen LogP contribution is -2.58. The topological polar surface area (TPSA) is 84.7 Å². The molecule has 2 aromatic carbocycles. The number of nitrogens with zero attached hydrogens (tertiary/aromatic N) is 3. The van der Waals surface area contributed by atoms with Crippen molar-refractivity contribution in [2.24, 2.45) is 0 Å². The number of halogens is 2. The number of ether oxygens (including phenoxy) is 1. The predicted molar refractivity (Wildman–Crippen MR) is 119 cm³/mol. The fourth-order valence-electron chi connectivity index (χ4n) is 5.36. The highest BCUT2D eigenvalue weighted by Crippen LogP contribution is 2.50. The van der Waals surface area contributed by atoms with E-state index in [-0.39, 0.29) is 30.2 Å². The number of hydrogen-bond donors (Lipinski definition) is 1. The van der Waals surface area contributed by atoms with Crippen molar-refractivity contribution in [3.63, 3.8) is 0 Å². The Labute approximate surface area is 197 Å². The maximum Gasteiger partial charge on any atom is 0.315 e. The number of rotatable bonds is 1. The van der Waals surface area contributed by atoms with E-state index in [1.807, 2.05) is 24.3 Å². The Bertz CT molecular complexity index is 1400. The molecule has 1 amide bonds. The van der Waals surface area contributed by atoms with Gasteiger partial charge in [0.05, 0.1) is 31.6 Å². The summed E-state index contributed by atoms with van der Waals surface area (Å²) < 4.78 is 36.6. The van der Waals surface area contributed by atoms with Crippen LogP contribution in [0.25, 0.3) is 0 Å². The van der Waals surface area contributed by atoms with Crippen molar-refractivity contribution in [2.45, 2.75) is 28.6 Å². The molecule has 4 heterocycles. The number of hydrogen-bond acceptors (Lipinski definition) is 6. The van der Waals surface area contributed by atoms with Crippen LogP contribution >= 0.6 is 11.8 Å². The minimum absolute atomic E-state index is 0.151. The van der Waals surface area contributed by atoms with Gasteiger partial charge < -0.3 is 19.3 Å². The molecule has 10 heteroatoms. The third kappa shape index (κ3) is 3.01. The molecule has 3 unspecified atom stereocenters. The maximum atomic E-state index is 15.1. The molecule has 1 aromatic heterocycles. The summed E-state index contributed by atoms with van der Waals surface area (Å²) in [6.45, 7) is 0.815. The van der Waals surface area contributed by atoms with Gasteiger partial charge in [0.1, 0.15) is 0 Å². The first-order valence-electron chi connectivity index (χ1n) is 10.8. The fraction of sp³-hybridized carbons (Fsp3) is 0.292. The average Bonchev–Trinajstić information content (AvgIpc) is 3.01. The normalized spacial score (nSPS) is 23.4. The number of morpholine rings is 1. The summed E-state index contributed by atoms with van der Waals surface area (Å²) >= 11 is 1.42. The molecule has 1 saturated heterocycles. The second-order valence-corrected chi connectivity index (χ2v) is 9.54. The van der Waals surface area contributed by atoms with Gasteiger partial charge in [-0.15, -0.1) is 11.8 Å². The number of carbonyl (C=O) groups excluding carboxylic acids is 1. The van der Waals surface area contributed by atoms with Crippen molar-refractivity contribution in [3.05, 3.63) is 87.1 Å². The lowest BCUT2D eigenvalue weighted by atomic mass is 9.78. The maximum absolute atomic E-state index is 15.1. The van der Waals surface area contributed by atoms with Crippen LogP contribution in [0.2, 0.25) is 0 Å². The molecule has 3 aliphatic rings. The van der Waals surface area contributed by atoms with Gasteiger partial charge in [0.15, 0.2) is 17.3 Å². The molecule has 0 spiro atoms. The van der Waals surface area contributed by atoms with Crippen LogP contribution in [0.15, 0.2) is 52.4 Å². The first-order chi connectivity index (χ1) is 16.5. The van der Waals surface area contributed by atoms with E-state index < -0.39 is 46.9 Å². The van der Waals surface area contributed by atoms with E-state index in [1.165, 1.54) is 22.7 Å². The summed E-state index contributed by atoms with van der Waals surface area (Å²) in [7, 11) is 0. The van der Waals surface area contributed by atoms with Crippen LogP contribution in [0, 0.1) is 11.6 Å². The Balaban J connectivity index is 1.67. The summed E-state index contributed by atoms with van der Waals surface area (Å²) in [5.74, 6) is -3.31. The van der Waals surface area contributed by atoms with E-state index >= 15 is 4.39 Å². The molecular formula is C24H19F2N3O4S. The van der Waals surface area contributed by atoms with E-state index in [9.17, 15) is 19.1 Å². The van der Waals surface area contributed by atoms with E-state index in [1.54, 1.807) is 11.0 Å². The molecule has 0 saturated carbocycles. The van der Waals surface area contributed by atoms with E-state index in [0.717, 1.165) is 16.5 Å². The van der Waals surface area contributed by atoms with Crippen LogP contribution in [0.1, 0.15) is 39.1 Å². The zero-order chi connectivity index (χ0) is 23.6. The van der Waals surface area contributed by atoms with Gasteiger partial charge in [-0.25, -0.2) is 8.78 Å². The molecule has 7 nitrogen and oxygen atoms in total. The molecule has 3 aromatic rings. The Hall–Kier alpha value is -3.24. The van der Waals surface area contributed by atoms with Gasteiger partial charge in [-0.05, 0) is 23.3 Å². The number of aromatic hydroxyl groups is 1. The number of benzene rings is 2. The third-order valence-corrected chi connectivity index (χ3v) is 7.98. The SMILES string of the molecule is O=C1c2c(O)c(=O)ncn2C(C2c3ccccc3SCc3c2ccc(F)c3F)C2COCCN12. The molecular weight excluding hydrogens is 464 g/mol. The number of carbonyl (C=O) groups is 1. The van der Waals surface area contributed by atoms with Crippen molar-refractivity contribution < 1.29 is 23.4 Å². The monoisotopic (exact) mass is 483 g/mol. The standard InChI is InChI=1S/C24H19F2N3O4S/c25-15-6-5-12-14(19(15)26)10-34-17-4-2-1-3-13(17)18(12)20-16-9-33-8-7-28(16)24(32)21-22(30)23(31)27-11-29(20)21/h1-6,11,16,18,20,30H,7-10H2. The third-order valence-electron chi connectivity index (χ3n) is 6.86. The molecule has 1 fully saturated rings. The van der Waals surface area contributed by atoms with E-state index in [4.69, 9.17) is 4.74 Å². The van der Waals surface area contributed by atoms with E-state index in [0.29, 0.717) is 12.2 Å². The molecule has 0 bridgehead atoms. The second kappa shape index (κ2) is 7.92.